The van der Waals surface area contributed by atoms with E-state index in [4.69, 9.17) is 16.3 Å². The number of nitrogens with zero attached hydrogens (tertiary/aromatic N) is 2. The van der Waals surface area contributed by atoms with Crippen LogP contribution in [0.5, 0.6) is 5.75 Å². The molecule has 0 unspecified atom stereocenters. The number of fused-ring (bicyclic) bond motifs is 5. The fraction of sp³-hybridized carbons (Fsp3) is 0.190. The van der Waals surface area contributed by atoms with Crippen molar-refractivity contribution in [3.63, 3.8) is 0 Å². The van der Waals surface area contributed by atoms with Gasteiger partial charge in [-0.2, -0.15) is 0 Å². The first-order valence-electron chi connectivity index (χ1n) is 9.00. The lowest BCUT2D eigenvalue weighted by atomic mass is 10.1. The Bertz CT molecular complexity index is 1260. The van der Waals surface area contributed by atoms with Gasteiger partial charge in [0.25, 0.3) is 0 Å². The van der Waals surface area contributed by atoms with Gasteiger partial charge < -0.3 is 4.74 Å². The molecule has 2 aromatic heterocycles. The summed E-state index contributed by atoms with van der Waals surface area (Å²) in [6.45, 7) is 0. The molecule has 2 aliphatic rings. The molecule has 0 spiro atoms. The summed E-state index contributed by atoms with van der Waals surface area (Å²) in [5.74, 6) is 0.793. The summed E-state index contributed by atoms with van der Waals surface area (Å²) in [7, 11) is 0. The van der Waals surface area contributed by atoms with Crippen molar-refractivity contribution in [2.45, 2.75) is 25.0 Å². The van der Waals surface area contributed by atoms with E-state index >= 15 is 0 Å². The zero-order chi connectivity index (χ0) is 19.0. The topological polar surface area (TPSA) is 27.1 Å². The molecule has 1 fully saturated rings. The maximum atomic E-state index is 14.9. The van der Waals surface area contributed by atoms with Gasteiger partial charge in [0.2, 0.25) is 6.23 Å². The Labute approximate surface area is 177 Å². The number of benzene rings is 2. The minimum absolute atomic E-state index is 0.319. The Hall–Kier alpha value is -1.89. The van der Waals surface area contributed by atoms with Crippen LogP contribution in [0.4, 0.5) is 4.39 Å². The molecule has 0 radical (unpaired) electrons. The summed E-state index contributed by atoms with van der Waals surface area (Å²) >= 11 is 11.3. The van der Waals surface area contributed by atoms with Gasteiger partial charge in [0, 0.05) is 27.0 Å². The molecule has 4 aromatic rings. The second-order valence-electron chi connectivity index (χ2n) is 7.21. The van der Waals surface area contributed by atoms with Crippen molar-refractivity contribution in [2.24, 2.45) is 0 Å². The van der Waals surface area contributed by atoms with Crippen LogP contribution in [0.2, 0.25) is 5.02 Å². The normalized spacial score (nSPS) is 18.0. The zero-order valence-corrected chi connectivity index (χ0v) is 17.6. The van der Waals surface area contributed by atoms with E-state index in [9.17, 15) is 4.39 Å². The lowest BCUT2D eigenvalue weighted by Gasteiger charge is -2.29. The summed E-state index contributed by atoms with van der Waals surface area (Å²) in [4.78, 5) is 5.63. The van der Waals surface area contributed by atoms with Crippen molar-refractivity contribution < 1.29 is 9.13 Å². The monoisotopic (exact) mass is 474 g/mol. The van der Waals surface area contributed by atoms with Crippen molar-refractivity contribution in [3.8, 4) is 17.0 Å². The van der Waals surface area contributed by atoms with Crippen LogP contribution in [0.15, 0.2) is 47.1 Å². The van der Waals surface area contributed by atoms with Crippen LogP contribution in [0, 0.1) is 5.82 Å². The molecule has 3 heterocycles. The first-order valence-corrected chi connectivity index (χ1v) is 11.0. The fourth-order valence-electron chi connectivity index (χ4n) is 3.84. The molecule has 0 saturated heterocycles. The number of thiazole rings is 1. The summed E-state index contributed by atoms with van der Waals surface area (Å²) in [6.07, 6.45) is 3.92. The van der Waals surface area contributed by atoms with Crippen molar-refractivity contribution in [3.05, 3.63) is 67.8 Å². The van der Waals surface area contributed by atoms with Gasteiger partial charge in [-0.15, -0.1) is 11.3 Å². The first-order chi connectivity index (χ1) is 13.6. The summed E-state index contributed by atoms with van der Waals surface area (Å²) < 4.78 is 24.0. The molecule has 7 heteroatoms. The average molecular weight is 476 g/mol. The Balaban J connectivity index is 1.62. The van der Waals surface area contributed by atoms with Crippen LogP contribution in [-0.4, -0.2) is 9.55 Å². The Morgan fingerprint density at radius 3 is 2.89 bits per heavy atom. The number of rotatable bonds is 2. The minimum Gasteiger partial charge on any atom is -0.464 e. The Kier molecular flexibility index (Phi) is 3.68. The SMILES string of the molecule is Fc1cc(Br)cc2c1-c1cc3cc(Cl)ccc3n1[C@H](c1cnc(C3CC3)s1)O2. The van der Waals surface area contributed by atoms with E-state index in [1.54, 1.807) is 11.3 Å². The molecule has 0 amide bonds. The molecule has 3 nitrogen and oxygen atoms in total. The molecule has 1 atom stereocenters. The van der Waals surface area contributed by atoms with Crippen LogP contribution in [0.3, 0.4) is 0 Å². The van der Waals surface area contributed by atoms with E-state index in [-0.39, 0.29) is 12.0 Å². The third-order valence-electron chi connectivity index (χ3n) is 5.26. The molecule has 6 rings (SSSR count). The minimum atomic E-state index is -0.389. The second-order valence-corrected chi connectivity index (χ2v) is 9.65. The summed E-state index contributed by atoms with van der Waals surface area (Å²) in [5, 5.41) is 2.77. The van der Waals surface area contributed by atoms with Gasteiger partial charge in [0.05, 0.1) is 26.7 Å². The van der Waals surface area contributed by atoms with Crippen LogP contribution in [0.1, 0.15) is 34.9 Å². The molecule has 1 aliphatic carbocycles. The van der Waals surface area contributed by atoms with Gasteiger partial charge in [-0.25, -0.2) is 9.37 Å². The highest BCUT2D eigenvalue weighted by Gasteiger charge is 2.34. The van der Waals surface area contributed by atoms with Crippen LogP contribution >= 0.6 is 38.9 Å². The number of hydrogen-bond donors (Lipinski definition) is 0. The Morgan fingerprint density at radius 1 is 1.21 bits per heavy atom. The second kappa shape index (κ2) is 6.05. The third kappa shape index (κ3) is 2.55. The van der Waals surface area contributed by atoms with Gasteiger partial charge in [0.15, 0.2) is 0 Å². The quantitative estimate of drug-likeness (QED) is 0.308. The molecule has 28 heavy (non-hydrogen) atoms. The van der Waals surface area contributed by atoms with Crippen molar-refractivity contribution in [2.75, 3.05) is 0 Å². The standard InChI is InChI=1S/C21H13BrClFN2OS/c22-12-7-14(24)19-16-6-11-5-13(23)3-4-15(11)26(16)21(27-17(19)8-12)18-9-25-20(28-18)10-1-2-10/h3-10,21H,1-2H2/t21-/m0/s1. The number of aromatic nitrogens is 2. The molecular formula is C21H13BrClFN2OS. The third-order valence-corrected chi connectivity index (χ3v) is 7.14. The number of halogens is 3. The van der Waals surface area contributed by atoms with Crippen molar-refractivity contribution >= 4 is 49.8 Å². The highest BCUT2D eigenvalue weighted by atomic mass is 79.9. The highest BCUT2D eigenvalue weighted by molar-refractivity contribution is 9.10. The lowest BCUT2D eigenvalue weighted by molar-refractivity contribution is 0.175. The van der Waals surface area contributed by atoms with Gasteiger partial charge in [-0.05, 0) is 49.2 Å². The smallest absolute Gasteiger partial charge is 0.213 e. The van der Waals surface area contributed by atoms with E-state index in [0.717, 1.165) is 26.5 Å². The summed E-state index contributed by atoms with van der Waals surface area (Å²) in [5.41, 5.74) is 2.22. The van der Waals surface area contributed by atoms with Crippen LogP contribution in [-0.2, 0) is 0 Å². The molecule has 140 valence electrons. The van der Waals surface area contributed by atoms with E-state index in [1.165, 1.54) is 18.9 Å². The fourth-order valence-corrected chi connectivity index (χ4v) is 5.53. The number of hydrogen-bond acceptors (Lipinski definition) is 3. The molecule has 0 bridgehead atoms. The average Bonchev–Trinajstić information content (AvgIpc) is 3.26. The van der Waals surface area contributed by atoms with E-state index in [2.05, 4.69) is 25.5 Å². The zero-order valence-electron chi connectivity index (χ0n) is 14.5. The van der Waals surface area contributed by atoms with Gasteiger partial charge >= 0.3 is 0 Å². The van der Waals surface area contributed by atoms with E-state index < -0.39 is 0 Å². The Morgan fingerprint density at radius 2 is 2.07 bits per heavy atom. The predicted octanol–water partition coefficient (Wildman–Crippen LogP) is 7.14. The van der Waals surface area contributed by atoms with Gasteiger partial charge in [0.1, 0.15) is 11.6 Å². The largest absolute Gasteiger partial charge is 0.464 e. The van der Waals surface area contributed by atoms with Gasteiger partial charge in [-0.3, -0.25) is 4.57 Å². The molecule has 1 aliphatic heterocycles. The van der Waals surface area contributed by atoms with Crippen molar-refractivity contribution in [1.82, 2.24) is 9.55 Å². The molecule has 0 N–H and O–H groups in total. The van der Waals surface area contributed by atoms with Crippen molar-refractivity contribution in [1.29, 1.82) is 0 Å². The summed E-state index contributed by atoms with van der Waals surface area (Å²) in [6, 6.07) is 11.0. The first kappa shape index (κ1) is 17.0. The molecule has 2 aromatic carbocycles. The van der Waals surface area contributed by atoms with Crippen LogP contribution in [0.25, 0.3) is 22.2 Å². The number of ether oxygens (including phenoxy) is 1. The maximum absolute atomic E-state index is 14.9. The van der Waals surface area contributed by atoms with Gasteiger partial charge in [-0.1, -0.05) is 27.5 Å². The highest BCUT2D eigenvalue weighted by Crippen LogP contribution is 2.49. The van der Waals surface area contributed by atoms with E-state index in [1.807, 2.05) is 36.5 Å². The predicted molar refractivity (Wildman–Crippen MR) is 113 cm³/mol. The lowest BCUT2D eigenvalue weighted by Crippen LogP contribution is -2.22. The molecular weight excluding hydrogens is 463 g/mol. The van der Waals surface area contributed by atoms with E-state index in [0.29, 0.717) is 26.7 Å². The maximum Gasteiger partial charge on any atom is 0.213 e. The molecule has 1 saturated carbocycles. The van der Waals surface area contributed by atoms with Crippen LogP contribution < -0.4 is 4.74 Å².